The van der Waals surface area contributed by atoms with E-state index < -0.39 is 16.1 Å². The maximum atomic E-state index is 13.5. The zero-order valence-corrected chi connectivity index (χ0v) is 16.7. The van der Waals surface area contributed by atoms with Gasteiger partial charge in [0.1, 0.15) is 10.6 Å². The molecule has 6 nitrogen and oxygen atoms in total. The van der Waals surface area contributed by atoms with Gasteiger partial charge in [0.2, 0.25) is 10.0 Å². The van der Waals surface area contributed by atoms with Crippen molar-refractivity contribution in [3.05, 3.63) is 59.8 Å². The lowest BCUT2D eigenvalue weighted by molar-refractivity contribution is 0.204. The molecule has 0 fully saturated rings. The quantitative estimate of drug-likeness (QED) is 0.705. The Morgan fingerprint density at radius 3 is 2.37 bits per heavy atom. The van der Waals surface area contributed by atoms with Crippen LogP contribution in [0.2, 0.25) is 0 Å². The lowest BCUT2D eigenvalue weighted by Gasteiger charge is -2.26. The lowest BCUT2D eigenvalue weighted by Crippen LogP contribution is -2.33. The number of fused-ring (bicyclic) bond motifs is 1. The Labute approximate surface area is 159 Å². The highest BCUT2D eigenvalue weighted by atomic mass is 32.2. The molecule has 3 rings (SSSR count). The molecule has 0 saturated carbocycles. The molecular formula is C20H24N2O4S. The summed E-state index contributed by atoms with van der Waals surface area (Å²) in [5.41, 5.74) is 2.21. The largest absolute Gasteiger partial charge is 0.497 e. The second kappa shape index (κ2) is 7.34. The Kier molecular flexibility index (Phi) is 5.28. The highest BCUT2D eigenvalue weighted by Gasteiger charge is 2.33. The number of ether oxygens (including phenoxy) is 1. The number of benzene rings is 2. The summed E-state index contributed by atoms with van der Waals surface area (Å²) in [6.45, 7) is 1.47. The molecule has 2 aromatic carbocycles. The predicted octanol–water partition coefficient (Wildman–Crippen LogP) is 2.85. The molecule has 144 valence electrons. The molecule has 1 aromatic heterocycles. The van der Waals surface area contributed by atoms with Crippen LogP contribution in [0.4, 0.5) is 0 Å². The van der Waals surface area contributed by atoms with Crippen molar-refractivity contribution in [2.75, 3.05) is 20.8 Å². The van der Waals surface area contributed by atoms with Gasteiger partial charge < -0.3 is 14.4 Å². The highest BCUT2D eigenvalue weighted by molar-refractivity contribution is 7.89. The number of para-hydroxylation sites is 1. The molecule has 1 N–H and O–H groups in total. The van der Waals surface area contributed by atoms with Gasteiger partial charge in [-0.1, -0.05) is 30.3 Å². The zero-order valence-electron chi connectivity index (χ0n) is 15.9. The van der Waals surface area contributed by atoms with Crippen molar-refractivity contribution >= 4 is 20.9 Å². The predicted molar refractivity (Wildman–Crippen MR) is 105 cm³/mol. The Hall–Kier alpha value is -2.35. The van der Waals surface area contributed by atoms with Crippen molar-refractivity contribution in [2.24, 2.45) is 7.05 Å². The van der Waals surface area contributed by atoms with Crippen molar-refractivity contribution in [1.29, 1.82) is 0 Å². The smallest absolute Gasteiger partial charge is 0.245 e. The van der Waals surface area contributed by atoms with Crippen molar-refractivity contribution < 1.29 is 18.3 Å². The fraction of sp³-hybridized carbons (Fsp3) is 0.300. The number of hydrogen-bond acceptors (Lipinski definition) is 4. The molecule has 3 aromatic rings. The molecule has 27 heavy (non-hydrogen) atoms. The summed E-state index contributed by atoms with van der Waals surface area (Å²) in [5, 5.41) is 10.6. The normalized spacial score (nSPS) is 13.3. The standard InChI is InChI=1S/C20H24N2O4S/c1-14-20(17-7-5-6-8-18(17)21(14)2)27(24,25)22(3)19(13-23)15-9-11-16(26-4)12-10-15/h5-12,19,23H,13H2,1-4H3. The van der Waals surface area contributed by atoms with E-state index in [0.717, 1.165) is 5.52 Å². The average molecular weight is 388 g/mol. The zero-order chi connectivity index (χ0) is 19.8. The van der Waals surface area contributed by atoms with E-state index in [1.165, 1.54) is 11.4 Å². The number of likely N-dealkylation sites (N-methyl/N-ethyl adjacent to an activating group) is 1. The lowest BCUT2D eigenvalue weighted by atomic mass is 10.1. The van der Waals surface area contributed by atoms with Crippen LogP contribution in [0.15, 0.2) is 53.4 Å². The molecule has 0 aliphatic rings. The third kappa shape index (κ3) is 3.22. The van der Waals surface area contributed by atoms with Gasteiger partial charge >= 0.3 is 0 Å². The minimum Gasteiger partial charge on any atom is -0.497 e. The summed E-state index contributed by atoms with van der Waals surface area (Å²) >= 11 is 0. The van der Waals surface area contributed by atoms with Crippen molar-refractivity contribution in [1.82, 2.24) is 8.87 Å². The first-order valence-electron chi connectivity index (χ1n) is 8.59. The molecule has 0 aliphatic heterocycles. The van der Waals surface area contributed by atoms with E-state index in [1.54, 1.807) is 38.3 Å². The minimum absolute atomic E-state index is 0.273. The Balaban J connectivity index is 2.09. The van der Waals surface area contributed by atoms with E-state index in [0.29, 0.717) is 22.4 Å². The highest BCUT2D eigenvalue weighted by Crippen LogP contribution is 2.34. The molecule has 0 bridgehead atoms. The second-order valence-electron chi connectivity index (χ2n) is 6.48. The van der Waals surface area contributed by atoms with E-state index in [1.807, 2.05) is 35.9 Å². The van der Waals surface area contributed by atoms with Gasteiger partial charge in [-0.25, -0.2) is 8.42 Å². The van der Waals surface area contributed by atoms with Gasteiger partial charge in [0.25, 0.3) is 0 Å². The summed E-state index contributed by atoms with van der Waals surface area (Å²) < 4.78 is 35.2. The molecule has 1 unspecified atom stereocenters. The number of aliphatic hydroxyl groups excluding tert-OH is 1. The molecule has 1 heterocycles. The molecule has 0 aliphatic carbocycles. The summed E-state index contributed by atoms with van der Waals surface area (Å²) in [7, 11) is 1.09. The summed E-state index contributed by atoms with van der Waals surface area (Å²) in [6, 6.07) is 13.8. The van der Waals surface area contributed by atoms with Crippen molar-refractivity contribution in [2.45, 2.75) is 17.9 Å². The molecule has 1 atom stereocenters. The molecule has 0 radical (unpaired) electrons. The summed E-state index contributed by atoms with van der Waals surface area (Å²) in [6.07, 6.45) is 0. The number of methoxy groups -OCH3 is 1. The van der Waals surface area contributed by atoms with Crippen LogP contribution >= 0.6 is 0 Å². The van der Waals surface area contributed by atoms with E-state index in [2.05, 4.69) is 0 Å². The first-order chi connectivity index (χ1) is 12.8. The van der Waals surface area contributed by atoms with Gasteiger partial charge in [-0.2, -0.15) is 4.31 Å². The minimum atomic E-state index is -3.83. The van der Waals surface area contributed by atoms with E-state index in [4.69, 9.17) is 4.74 Å². The SMILES string of the molecule is COc1ccc(C(CO)N(C)S(=O)(=O)c2c(C)n(C)c3ccccc23)cc1. The van der Waals surface area contributed by atoms with Gasteiger partial charge in [0.15, 0.2) is 0 Å². The van der Waals surface area contributed by atoms with Crippen molar-refractivity contribution in [3.63, 3.8) is 0 Å². The third-order valence-electron chi connectivity index (χ3n) is 5.09. The Morgan fingerprint density at radius 1 is 1.15 bits per heavy atom. The van der Waals surface area contributed by atoms with Crippen molar-refractivity contribution in [3.8, 4) is 5.75 Å². The molecule has 7 heteroatoms. The molecule has 0 saturated heterocycles. The van der Waals surface area contributed by atoms with Gasteiger partial charge in [-0.15, -0.1) is 0 Å². The fourth-order valence-electron chi connectivity index (χ4n) is 3.38. The van der Waals surface area contributed by atoms with Crippen LogP contribution in [-0.2, 0) is 17.1 Å². The van der Waals surface area contributed by atoms with Crippen LogP contribution in [0.1, 0.15) is 17.3 Å². The maximum Gasteiger partial charge on any atom is 0.245 e. The van der Waals surface area contributed by atoms with Gasteiger partial charge in [-0.3, -0.25) is 0 Å². The number of aromatic nitrogens is 1. The van der Waals surface area contributed by atoms with Crippen LogP contribution in [0.3, 0.4) is 0 Å². The van der Waals surface area contributed by atoms with Crippen LogP contribution < -0.4 is 4.74 Å². The van der Waals surface area contributed by atoms with Crippen LogP contribution in [-0.4, -0.2) is 43.2 Å². The van der Waals surface area contributed by atoms with E-state index in [9.17, 15) is 13.5 Å². The fourth-order valence-corrected chi connectivity index (χ4v) is 5.15. The van der Waals surface area contributed by atoms with Crippen LogP contribution in [0, 0.1) is 6.92 Å². The number of hydrogen-bond donors (Lipinski definition) is 1. The second-order valence-corrected chi connectivity index (χ2v) is 8.42. The summed E-state index contributed by atoms with van der Waals surface area (Å²) in [5.74, 6) is 0.672. The number of rotatable bonds is 6. The topological polar surface area (TPSA) is 71.8 Å². The summed E-state index contributed by atoms with van der Waals surface area (Å²) in [4.78, 5) is 0.273. The number of aryl methyl sites for hydroxylation is 1. The van der Waals surface area contributed by atoms with E-state index >= 15 is 0 Å². The Bertz CT molecular complexity index is 1060. The molecule has 0 amide bonds. The Morgan fingerprint density at radius 2 is 1.78 bits per heavy atom. The first-order valence-corrected chi connectivity index (χ1v) is 10.0. The maximum absolute atomic E-state index is 13.5. The molecule has 0 spiro atoms. The van der Waals surface area contributed by atoms with Gasteiger partial charge in [0, 0.05) is 30.7 Å². The monoisotopic (exact) mass is 388 g/mol. The van der Waals surface area contributed by atoms with Gasteiger partial charge in [-0.05, 0) is 30.7 Å². The average Bonchev–Trinajstić information content (AvgIpc) is 2.94. The van der Waals surface area contributed by atoms with Crippen LogP contribution in [0.5, 0.6) is 5.75 Å². The number of sulfonamides is 1. The third-order valence-corrected chi connectivity index (χ3v) is 7.14. The number of aliphatic hydroxyl groups is 1. The molecular weight excluding hydrogens is 364 g/mol. The van der Waals surface area contributed by atoms with E-state index in [-0.39, 0.29) is 11.5 Å². The first kappa shape index (κ1) is 19.4. The number of nitrogens with zero attached hydrogens (tertiary/aromatic N) is 2. The van der Waals surface area contributed by atoms with Gasteiger partial charge in [0.05, 0.1) is 19.8 Å². The van der Waals surface area contributed by atoms with Crippen LogP contribution in [0.25, 0.3) is 10.9 Å².